The first-order valence-electron chi connectivity index (χ1n) is 17.5. The van der Waals surface area contributed by atoms with Gasteiger partial charge in [0.2, 0.25) is 0 Å². The Bertz CT molecular complexity index is 2170. The summed E-state index contributed by atoms with van der Waals surface area (Å²) in [6.07, 6.45) is 6.23. The molecule has 2 aliphatic carbocycles. The van der Waals surface area contributed by atoms with Crippen molar-refractivity contribution >= 4 is 69.9 Å². The van der Waals surface area contributed by atoms with Gasteiger partial charge in [0.1, 0.15) is 0 Å². The summed E-state index contributed by atoms with van der Waals surface area (Å²) in [7, 11) is 0. The molecule has 4 amide bonds. The summed E-state index contributed by atoms with van der Waals surface area (Å²) in [5, 5.41) is 0.599. The molecule has 8 nitrogen and oxygen atoms in total. The highest BCUT2D eigenvalue weighted by Crippen LogP contribution is 2.50. The average Bonchev–Trinajstić information content (AvgIpc) is 3.51. The summed E-state index contributed by atoms with van der Waals surface area (Å²) in [5.74, 6) is -1.56. The van der Waals surface area contributed by atoms with E-state index in [-0.39, 0.29) is 11.8 Å². The number of thioether (sulfide) groups is 2. The highest BCUT2D eigenvalue weighted by molar-refractivity contribution is 8.00. The highest BCUT2D eigenvalue weighted by Gasteiger charge is 2.42. The Balaban J connectivity index is 1.13. The van der Waals surface area contributed by atoms with E-state index in [9.17, 15) is 19.2 Å². The molecule has 0 saturated heterocycles. The minimum Gasteiger partial charge on any atom is -0.399 e. The lowest BCUT2D eigenvalue weighted by Crippen LogP contribution is -2.32. The molecule has 5 aromatic rings. The van der Waals surface area contributed by atoms with E-state index in [2.05, 4.69) is 0 Å². The van der Waals surface area contributed by atoms with E-state index in [0.29, 0.717) is 65.3 Å². The smallest absolute Gasteiger partial charge is 0.266 e. The second kappa shape index (κ2) is 12.7. The van der Waals surface area contributed by atoms with Crippen LogP contribution in [0, 0.1) is 0 Å². The van der Waals surface area contributed by atoms with Crippen LogP contribution < -0.4 is 21.3 Å². The molecule has 52 heavy (non-hydrogen) atoms. The van der Waals surface area contributed by atoms with Crippen molar-refractivity contribution in [2.75, 3.05) is 21.3 Å². The molecule has 258 valence electrons. The van der Waals surface area contributed by atoms with Gasteiger partial charge in [-0.15, -0.1) is 23.5 Å². The average molecular weight is 723 g/mol. The Labute approximate surface area is 309 Å². The maximum atomic E-state index is 14.3. The zero-order valence-electron chi connectivity index (χ0n) is 28.1. The van der Waals surface area contributed by atoms with Crippen LogP contribution in [0.1, 0.15) is 80.0 Å². The molecular weight excluding hydrogens is 689 g/mol. The van der Waals surface area contributed by atoms with E-state index >= 15 is 0 Å². The minimum absolute atomic E-state index is 0.300. The summed E-state index contributed by atoms with van der Waals surface area (Å²) >= 11 is 3.22. The van der Waals surface area contributed by atoms with Gasteiger partial charge in [-0.05, 0) is 109 Å². The summed E-state index contributed by atoms with van der Waals surface area (Å²) in [4.78, 5) is 60.8. The second-order valence-electron chi connectivity index (χ2n) is 13.8. The number of imide groups is 2. The lowest BCUT2D eigenvalue weighted by molar-refractivity contribution is 0.0908. The highest BCUT2D eigenvalue weighted by atomic mass is 32.2. The molecule has 9 rings (SSSR count). The van der Waals surface area contributed by atoms with Crippen molar-refractivity contribution in [3.8, 4) is 22.3 Å². The molecule has 4 N–H and O–H groups in total. The van der Waals surface area contributed by atoms with E-state index in [4.69, 9.17) is 11.5 Å². The van der Waals surface area contributed by atoms with E-state index in [1.165, 1.54) is 9.80 Å². The molecule has 4 aliphatic rings. The molecule has 0 spiro atoms. The maximum Gasteiger partial charge on any atom is 0.266 e. The van der Waals surface area contributed by atoms with Gasteiger partial charge in [0.05, 0.1) is 33.6 Å². The van der Waals surface area contributed by atoms with Gasteiger partial charge < -0.3 is 11.5 Å². The summed E-state index contributed by atoms with van der Waals surface area (Å²) in [5.41, 5.74) is 18.8. The number of fused-ring (bicyclic) bond motifs is 2. The van der Waals surface area contributed by atoms with Crippen LogP contribution in [0.15, 0.2) is 107 Å². The van der Waals surface area contributed by atoms with Gasteiger partial charge in [-0.2, -0.15) is 0 Å². The predicted molar refractivity (Wildman–Crippen MR) is 208 cm³/mol. The van der Waals surface area contributed by atoms with E-state index in [1.54, 1.807) is 47.8 Å². The quantitative estimate of drug-likeness (QED) is 0.120. The van der Waals surface area contributed by atoms with Gasteiger partial charge in [-0.3, -0.25) is 19.2 Å². The summed E-state index contributed by atoms with van der Waals surface area (Å²) in [6, 6.07) is 29.2. The number of hydrogen-bond donors (Lipinski definition) is 2. The molecule has 0 aromatic heterocycles. The van der Waals surface area contributed by atoms with Crippen LogP contribution in [0.5, 0.6) is 0 Å². The maximum absolute atomic E-state index is 14.3. The van der Waals surface area contributed by atoms with Crippen molar-refractivity contribution in [2.45, 2.75) is 58.8 Å². The third kappa shape index (κ3) is 5.48. The van der Waals surface area contributed by atoms with Crippen LogP contribution in [0.2, 0.25) is 0 Å². The normalized spacial score (nSPS) is 17.0. The number of carbonyl (C=O) groups is 4. The standard InChI is InChI=1S/C42H34N4O4S2/c43-27-13-7-23(8-14-27)25-11-17-31-33(19-25)41(49)45(39(31)47)35-22-38(52-30-5-2-6-30)36(21-37(35)51-29-3-1-4-29)46-40(48)32-18-12-26(20-34(32)42(46)50)24-9-15-28(44)16-10-24/h7-22,29-30H,1-6,43-44H2. The largest absolute Gasteiger partial charge is 0.399 e. The number of nitrogens with zero attached hydrogens (tertiary/aromatic N) is 2. The first kappa shape index (κ1) is 32.6. The van der Waals surface area contributed by atoms with E-state index in [1.807, 2.05) is 72.8 Å². The monoisotopic (exact) mass is 722 g/mol. The first-order valence-corrected chi connectivity index (χ1v) is 19.3. The van der Waals surface area contributed by atoms with E-state index < -0.39 is 11.8 Å². The predicted octanol–water partition coefficient (Wildman–Crippen LogP) is 9.08. The molecule has 2 aliphatic heterocycles. The number of benzene rings is 5. The first-order chi connectivity index (χ1) is 25.2. The van der Waals surface area contributed by atoms with E-state index in [0.717, 1.165) is 60.8 Å². The molecule has 0 unspecified atom stereocenters. The van der Waals surface area contributed by atoms with Gasteiger partial charge in [0, 0.05) is 31.7 Å². The molecule has 10 heteroatoms. The van der Waals surface area contributed by atoms with Crippen LogP contribution in [-0.4, -0.2) is 34.1 Å². The molecule has 0 radical (unpaired) electrons. The SMILES string of the molecule is Nc1ccc(-c2ccc3c(c2)C(=O)N(c2cc(SC4CCC4)c(N4C(=O)c5ccc(-c6ccc(N)cc6)cc5C4=O)cc2SC2CCC2)C3=O)cc1. The van der Waals surface area contributed by atoms with Crippen LogP contribution in [-0.2, 0) is 0 Å². The molecule has 2 heterocycles. The fourth-order valence-corrected chi connectivity index (χ4v) is 9.80. The molecule has 2 saturated carbocycles. The second-order valence-corrected chi connectivity index (χ2v) is 16.5. The third-order valence-corrected chi connectivity index (χ3v) is 13.2. The number of carbonyl (C=O) groups excluding carboxylic acids is 4. The van der Waals surface area contributed by atoms with Crippen molar-refractivity contribution in [1.82, 2.24) is 0 Å². The molecular formula is C42H34N4O4S2. The van der Waals surface area contributed by atoms with Gasteiger partial charge in [-0.25, -0.2) is 9.80 Å². The molecule has 0 atom stereocenters. The Morgan fingerprint density at radius 1 is 0.442 bits per heavy atom. The summed E-state index contributed by atoms with van der Waals surface area (Å²) < 4.78 is 0. The number of nitrogen functional groups attached to an aromatic ring is 2. The van der Waals surface area contributed by atoms with Crippen LogP contribution in [0.4, 0.5) is 22.7 Å². The van der Waals surface area contributed by atoms with Crippen molar-refractivity contribution < 1.29 is 19.2 Å². The van der Waals surface area contributed by atoms with Gasteiger partial charge in [0.15, 0.2) is 0 Å². The number of amides is 4. The summed E-state index contributed by atoms with van der Waals surface area (Å²) in [6.45, 7) is 0. The van der Waals surface area contributed by atoms with Crippen LogP contribution in [0.3, 0.4) is 0 Å². The molecule has 2 fully saturated rings. The number of hydrogen-bond acceptors (Lipinski definition) is 8. The fraction of sp³-hybridized carbons (Fsp3) is 0.190. The Morgan fingerprint density at radius 2 is 0.788 bits per heavy atom. The van der Waals surface area contributed by atoms with Crippen molar-refractivity contribution in [1.29, 1.82) is 0 Å². The van der Waals surface area contributed by atoms with Crippen molar-refractivity contribution in [2.24, 2.45) is 0 Å². The lowest BCUT2D eigenvalue weighted by atomic mass is 10.00. The zero-order valence-corrected chi connectivity index (χ0v) is 29.8. The number of rotatable bonds is 8. The topological polar surface area (TPSA) is 127 Å². The Kier molecular flexibility index (Phi) is 7.97. The zero-order chi connectivity index (χ0) is 35.7. The van der Waals surface area contributed by atoms with Gasteiger partial charge >= 0.3 is 0 Å². The minimum atomic E-state index is -0.393. The Hall–Kier alpha value is -5.32. The van der Waals surface area contributed by atoms with Crippen molar-refractivity contribution in [3.63, 3.8) is 0 Å². The van der Waals surface area contributed by atoms with Crippen molar-refractivity contribution in [3.05, 3.63) is 119 Å². The number of nitrogens with two attached hydrogens (primary N) is 2. The Morgan fingerprint density at radius 3 is 1.13 bits per heavy atom. The van der Waals surface area contributed by atoms with Gasteiger partial charge in [0.25, 0.3) is 23.6 Å². The van der Waals surface area contributed by atoms with Crippen LogP contribution in [0.25, 0.3) is 22.3 Å². The molecule has 0 bridgehead atoms. The third-order valence-electron chi connectivity index (χ3n) is 10.5. The lowest BCUT2D eigenvalue weighted by Gasteiger charge is -2.31. The fourth-order valence-electron chi connectivity index (χ4n) is 7.04. The van der Waals surface area contributed by atoms with Crippen LogP contribution >= 0.6 is 23.5 Å². The molecule has 5 aromatic carbocycles. The van der Waals surface area contributed by atoms with Gasteiger partial charge in [-0.1, -0.05) is 49.2 Å². The number of anilines is 4.